The molecule has 0 aromatic rings. The summed E-state index contributed by atoms with van der Waals surface area (Å²) in [5.41, 5.74) is 0. The molecule has 2 aliphatic heterocycles. The molecule has 2 fully saturated rings. The Balaban J connectivity index is 2.09. The van der Waals surface area contributed by atoms with E-state index < -0.39 is 24.3 Å². The Morgan fingerprint density at radius 1 is 1.31 bits per heavy atom. The van der Waals surface area contributed by atoms with E-state index in [9.17, 15) is 10.2 Å². The van der Waals surface area contributed by atoms with Crippen LogP contribution in [0.15, 0.2) is 0 Å². The minimum Gasteiger partial charge on any atom is -0.385 e. The van der Waals surface area contributed by atoms with Crippen LogP contribution in [0.5, 0.6) is 0 Å². The van der Waals surface area contributed by atoms with Gasteiger partial charge in [0.1, 0.15) is 18.3 Å². The maximum Gasteiger partial charge on any atom is 0.184 e. The standard InChI is InChI=1S/C8H14O5/c1-8(2)11-3-4-6(13-8)5(9)7(10)12-4/h4-7,9-10H,3H2,1-2H3/t4-,5-,6+,7+/m1/s1. The second kappa shape index (κ2) is 2.90. The molecular weight excluding hydrogens is 176 g/mol. The van der Waals surface area contributed by atoms with Gasteiger partial charge in [0, 0.05) is 0 Å². The molecule has 0 aliphatic carbocycles. The highest BCUT2D eigenvalue weighted by atomic mass is 16.8. The Labute approximate surface area is 76.2 Å². The van der Waals surface area contributed by atoms with Gasteiger partial charge in [0.2, 0.25) is 0 Å². The van der Waals surface area contributed by atoms with Gasteiger partial charge in [-0.05, 0) is 13.8 Å². The van der Waals surface area contributed by atoms with Crippen LogP contribution in [0, 0.1) is 0 Å². The van der Waals surface area contributed by atoms with Crippen LogP contribution in [0.1, 0.15) is 13.8 Å². The summed E-state index contributed by atoms with van der Waals surface area (Å²) in [5.74, 6) is -0.713. The van der Waals surface area contributed by atoms with E-state index in [0.29, 0.717) is 6.61 Å². The van der Waals surface area contributed by atoms with E-state index in [2.05, 4.69) is 0 Å². The fraction of sp³-hybridized carbons (Fsp3) is 1.00. The van der Waals surface area contributed by atoms with Gasteiger partial charge in [-0.25, -0.2) is 0 Å². The van der Waals surface area contributed by atoms with Crippen LogP contribution in [0.2, 0.25) is 0 Å². The summed E-state index contributed by atoms with van der Waals surface area (Å²) in [7, 11) is 0. The van der Waals surface area contributed by atoms with Gasteiger partial charge in [0.15, 0.2) is 12.1 Å². The topological polar surface area (TPSA) is 68.2 Å². The normalized spacial score (nSPS) is 48.9. The predicted octanol–water partition coefficient (Wildman–Crippen LogP) is -0.784. The van der Waals surface area contributed by atoms with Crippen molar-refractivity contribution < 1.29 is 24.4 Å². The van der Waals surface area contributed by atoms with Gasteiger partial charge in [-0.1, -0.05) is 0 Å². The molecule has 76 valence electrons. The minimum absolute atomic E-state index is 0.339. The lowest BCUT2D eigenvalue weighted by Crippen LogP contribution is -2.50. The van der Waals surface area contributed by atoms with Crippen molar-refractivity contribution in [3.05, 3.63) is 0 Å². The summed E-state index contributed by atoms with van der Waals surface area (Å²) >= 11 is 0. The van der Waals surface area contributed by atoms with E-state index in [-0.39, 0.29) is 6.10 Å². The second-order valence-electron chi connectivity index (χ2n) is 3.85. The fourth-order valence-electron chi connectivity index (χ4n) is 1.64. The van der Waals surface area contributed by atoms with Crippen molar-refractivity contribution in [1.82, 2.24) is 0 Å². The number of hydrogen-bond donors (Lipinski definition) is 2. The quantitative estimate of drug-likeness (QED) is 0.524. The van der Waals surface area contributed by atoms with Gasteiger partial charge in [0.05, 0.1) is 6.61 Å². The summed E-state index contributed by atoms with van der Waals surface area (Å²) in [6.45, 7) is 3.87. The summed E-state index contributed by atoms with van der Waals surface area (Å²) in [4.78, 5) is 0. The largest absolute Gasteiger partial charge is 0.385 e. The van der Waals surface area contributed by atoms with Crippen molar-refractivity contribution in [3.8, 4) is 0 Å². The van der Waals surface area contributed by atoms with E-state index >= 15 is 0 Å². The number of ether oxygens (including phenoxy) is 3. The Bertz CT molecular complexity index is 205. The van der Waals surface area contributed by atoms with Crippen LogP contribution < -0.4 is 0 Å². The highest BCUT2D eigenvalue weighted by molar-refractivity contribution is 4.90. The highest BCUT2D eigenvalue weighted by Crippen LogP contribution is 2.32. The molecule has 2 saturated heterocycles. The smallest absolute Gasteiger partial charge is 0.184 e. The molecule has 2 aliphatic rings. The van der Waals surface area contributed by atoms with E-state index in [0.717, 1.165) is 0 Å². The summed E-state index contributed by atoms with van der Waals surface area (Å²) in [5, 5.41) is 18.7. The van der Waals surface area contributed by atoms with Crippen LogP contribution in [0.25, 0.3) is 0 Å². The van der Waals surface area contributed by atoms with Gasteiger partial charge in [-0.2, -0.15) is 0 Å². The SMILES string of the molecule is CC1(C)OC[C@H]2O[C@H](O)[C@H](O)[C@H]2O1. The van der Waals surface area contributed by atoms with E-state index in [1.807, 2.05) is 0 Å². The summed E-state index contributed by atoms with van der Waals surface area (Å²) in [6.07, 6.45) is -2.99. The van der Waals surface area contributed by atoms with Crippen molar-refractivity contribution in [2.75, 3.05) is 6.61 Å². The number of aliphatic hydroxyl groups is 2. The number of aliphatic hydroxyl groups excluding tert-OH is 2. The van der Waals surface area contributed by atoms with Gasteiger partial charge in [-0.15, -0.1) is 0 Å². The van der Waals surface area contributed by atoms with Crippen molar-refractivity contribution in [3.63, 3.8) is 0 Å². The van der Waals surface area contributed by atoms with E-state index in [1.165, 1.54) is 0 Å². The van der Waals surface area contributed by atoms with Gasteiger partial charge < -0.3 is 24.4 Å². The van der Waals surface area contributed by atoms with Crippen molar-refractivity contribution in [2.45, 2.75) is 44.2 Å². The fourth-order valence-corrected chi connectivity index (χ4v) is 1.64. The molecule has 0 saturated carbocycles. The molecule has 5 heteroatoms. The third kappa shape index (κ3) is 1.58. The summed E-state index contributed by atoms with van der Waals surface area (Å²) < 4.78 is 15.8. The lowest BCUT2D eigenvalue weighted by molar-refractivity contribution is -0.300. The van der Waals surface area contributed by atoms with Crippen LogP contribution in [-0.4, -0.2) is 47.2 Å². The number of hydrogen-bond acceptors (Lipinski definition) is 5. The van der Waals surface area contributed by atoms with Crippen molar-refractivity contribution >= 4 is 0 Å². The molecular formula is C8H14O5. The number of rotatable bonds is 0. The van der Waals surface area contributed by atoms with Crippen LogP contribution in [0.4, 0.5) is 0 Å². The Kier molecular flexibility index (Phi) is 2.08. The van der Waals surface area contributed by atoms with Crippen LogP contribution in [-0.2, 0) is 14.2 Å². The molecule has 0 aromatic heterocycles. The molecule has 13 heavy (non-hydrogen) atoms. The Hall–Kier alpha value is -0.200. The monoisotopic (exact) mass is 190 g/mol. The molecule has 0 unspecified atom stereocenters. The number of fused-ring (bicyclic) bond motifs is 1. The highest BCUT2D eigenvalue weighted by Gasteiger charge is 2.49. The van der Waals surface area contributed by atoms with Gasteiger partial charge in [0.25, 0.3) is 0 Å². The lowest BCUT2D eigenvalue weighted by atomic mass is 10.1. The maximum absolute atomic E-state index is 9.47. The first-order chi connectivity index (χ1) is 5.99. The van der Waals surface area contributed by atoms with Crippen molar-refractivity contribution in [2.24, 2.45) is 0 Å². The molecule has 2 N–H and O–H groups in total. The van der Waals surface area contributed by atoms with E-state index in [1.54, 1.807) is 13.8 Å². The molecule has 0 bridgehead atoms. The first-order valence-electron chi connectivity index (χ1n) is 4.33. The molecule has 0 aromatic carbocycles. The molecule has 2 heterocycles. The average molecular weight is 190 g/mol. The van der Waals surface area contributed by atoms with E-state index in [4.69, 9.17) is 14.2 Å². The van der Waals surface area contributed by atoms with Gasteiger partial charge in [-0.3, -0.25) is 0 Å². The van der Waals surface area contributed by atoms with Crippen LogP contribution >= 0.6 is 0 Å². The van der Waals surface area contributed by atoms with Crippen molar-refractivity contribution in [1.29, 1.82) is 0 Å². The molecule has 0 radical (unpaired) electrons. The molecule has 4 atom stereocenters. The molecule has 0 amide bonds. The Morgan fingerprint density at radius 3 is 2.69 bits per heavy atom. The molecule has 5 nitrogen and oxygen atoms in total. The zero-order valence-corrected chi connectivity index (χ0v) is 7.64. The average Bonchev–Trinajstić information content (AvgIpc) is 2.29. The zero-order valence-electron chi connectivity index (χ0n) is 7.64. The molecule has 0 spiro atoms. The third-order valence-electron chi connectivity index (χ3n) is 2.32. The minimum atomic E-state index is -1.16. The predicted molar refractivity (Wildman–Crippen MR) is 41.8 cm³/mol. The lowest BCUT2D eigenvalue weighted by Gasteiger charge is -2.37. The zero-order chi connectivity index (χ0) is 9.64. The first-order valence-corrected chi connectivity index (χ1v) is 4.33. The second-order valence-corrected chi connectivity index (χ2v) is 3.85. The van der Waals surface area contributed by atoms with Gasteiger partial charge >= 0.3 is 0 Å². The third-order valence-corrected chi connectivity index (χ3v) is 2.32. The van der Waals surface area contributed by atoms with Crippen LogP contribution in [0.3, 0.4) is 0 Å². The Morgan fingerprint density at radius 2 is 2.00 bits per heavy atom. The molecule has 2 rings (SSSR count). The maximum atomic E-state index is 9.47. The summed E-state index contributed by atoms with van der Waals surface area (Å²) in [6, 6.07) is 0. The first kappa shape index (κ1) is 9.36.